The highest BCUT2D eigenvalue weighted by molar-refractivity contribution is 6.38. The first-order chi connectivity index (χ1) is 9.40. The minimum Gasteiger partial charge on any atom is -0.505 e. The summed E-state index contributed by atoms with van der Waals surface area (Å²) < 4.78 is 4.98. The van der Waals surface area contributed by atoms with E-state index in [9.17, 15) is 15.0 Å². The molecular weight excluding hydrogens is 326 g/mol. The predicted octanol–water partition coefficient (Wildman–Crippen LogP) is 4.28. The number of rotatable bonds is 2. The molecule has 2 N–H and O–H groups in total. The second kappa shape index (κ2) is 5.79. The van der Waals surface area contributed by atoms with Crippen LogP contribution in [0.25, 0.3) is 0 Å². The van der Waals surface area contributed by atoms with Crippen LogP contribution < -0.4 is 4.74 Å². The summed E-state index contributed by atoms with van der Waals surface area (Å²) in [4.78, 5) is 11.9. The highest BCUT2D eigenvalue weighted by atomic mass is 35.5. The van der Waals surface area contributed by atoms with Crippen LogP contribution in [0.4, 0.5) is 0 Å². The third-order valence-electron chi connectivity index (χ3n) is 2.42. The minimum absolute atomic E-state index is 0.147. The third kappa shape index (κ3) is 2.93. The van der Waals surface area contributed by atoms with Crippen molar-refractivity contribution in [1.82, 2.24) is 0 Å². The smallest absolute Gasteiger partial charge is 0.343 e. The van der Waals surface area contributed by atoms with Gasteiger partial charge in [0.05, 0.1) is 10.6 Å². The minimum atomic E-state index is -0.727. The number of halogens is 3. The van der Waals surface area contributed by atoms with Crippen LogP contribution >= 0.6 is 34.8 Å². The average Bonchev–Trinajstić information content (AvgIpc) is 2.43. The summed E-state index contributed by atoms with van der Waals surface area (Å²) in [6.45, 7) is 0. The molecule has 0 saturated carbocycles. The summed E-state index contributed by atoms with van der Waals surface area (Å²) in [5.41, 5.74) is 0.231. The largest absolute Gasteiger partial charge is 0.505 e. The number of ether oxygens (including phenoxy) is 1. The second-order valence-corrected chi connectivity index (χ2v) is 4.99. The Kier molecular flexibility index (Phi) is 4.28. The maximum atomic E-state index is 11.9. The van der Waals surface area contributed by atoms with Gasteiger partial charge in [0.1, 0.15) is 5.02 Å². The lowest BCUT2D eigenvalue weighted by Crippen LogP contribution is -2.08. The lowest BCUT2D eigenvalue weighted by Gasteiger charge is -2.09. The molecule has 0 aliphatic heterocycles. The number of esters is 1. The average molecular weight is 334 g/mol. The number of phenolic OH excluding ortho intramolecular Hbond substituents is 2. The van der Waals surface area contributed by atoms with E-state index in [4.69, 9.17) is 39.5 Å². The Morgan fingerprint density at radius 2 is 1.60 bits per heavy atom. The van der Waals surface area contributed by atoms with Gasteiger partial charge >= 0.3 is 5.97 Å². The Balaban J connectivity index is 2.31. The van der Waals surface area contributed by atoms with E-state index in [2.05, 4.69) is 0 Å². The zero-order valence-electron chi connectivity index (χ0n) is 9.73. The van der Waals surface area contributed by atoms with Crippen molar-refractivity contribution in [3.63, 3.8) is 0 Å². The molecule has 0 fully saturated rings. The van der Waals surface area contributed by atoms with Crippen molar-refractivity contribution in [3.8, 4) is 17.2 Å². The maximum Gasteiger partial charge on any atom is 0.343 e. The number of hydrogen-bond donors (Lipinski definition) is 2. The van der Waals surface area contributed by atoms with E-state index in [0.717, 1.165) is 6.07 Å². The molecule has 0 aliphatic rings. The number of hydrogen-bond acceptors (Lipinski definition) is 4. The summed E-state index contributed by atoms with van der Waals surface area (Å²) in [6, 6.07) is 7.06. The van der Waals surface area contributed by atoms with Crippen molar-refractivity contribution in [3.05, 3.63) is 51.0 Å². The van der Waals surface area contributed by atoms with Crippen LogP contribution in [0.3, 0.4) is 0 Å². The van der Waals surface area contributed by atoms with Gasteiger partial charge in [0.25, 0.3) is 0 Å². The topological polar surface area (TPSA) is 66.8 Å². The van der Waals surface area contributed by atoms with Crippen molar-refractivity contribution >= 4 is 40.8 Å². The summed E-state index contributed by atoms with van der Waals surface area (Å²) >= 11 is 17.0. The van der Waals surface area contributed by atoms with Gasteiger partial charge < -0.3 is 14.9 Å². The molecule has 2 rings (SSSR count). The van der Waals surface area contributed by atoms with Crippen molar-refractivity contribution in [2.24, 2.45) is 0 Å². The first-order valence-electron chi connectivity index (χ1n) is 5.28. The van der Waals surface area contributed by atoms with Gasteiger partial charge in [0.2, 0.25) is 0 Å². The Morgan fingerprint density at radius 1 is 1.00 bits per heavy atom. The Hall–Kier alpha value is -1.62. The zero-order valence-corrected chi connectivity index (χ0v) is 12.0. The highest BCUT2D eigenvalue weighted by Gasteiger charge is 2.19. The van der Waals surface area contributed by atoms with Gasteiger partial charge in [-0.25, -0.2) is 4.79 Å². The first-order valence-corrected chi connectivity index (χ1v) is 6.41. The number of aromatic hydroxyl groups is 2. The number of carbonyl (C=O) groups is 1. The van der Waals surface area contributed by atoms with E-state index in [1.54, 1.807) is 0 Å². The van der Waals surface area contributed by atoms with Gasteiger partial charge in [-0.15, -0.1) is 0 Å². The molecule has 0 atom stereocenters. The molecule has 0 unspecified atom stereocenters. The van der Waals surface area contributed by atoms with Crippen molar-refractivity contribution in [2.75, 3.05) is 0 Å². The molecule has 104 valence electrons. The Morgan fingerprint density at radius 3 is 2.20 bits per heavy atom. The molecule has 4 nitrogen and oxygen atoms in total. The van der Waals surface area contributed by atoms with Crippen molar-refractivity contribution in [1.29, 1.82) is 0 Å². The van der Waals surface area contributed by atoms with Crippen LogP contribution in [-0.4, -0.2) is 16.2 Å². The fourth-order valence-corrected chi connectivity index (χ4v) is 1.96. The van der Waals surface area contributed by atoms with Crippen LogP contribution in [0.5, 0.6) is 17.2 Å². The van der Waals surface area contributed by atoms with Crippen LogP contribution in [0.2, 0.25) is 15.1 Å². The normalized spacial score (nSPS) is 10.3. The molecule has 0 bridgehead atoms. The summed E-state index contributed by atoms with van der Waals surface area (Å²) in [5, 5.41) is 19.0. The molecular formula is C13H7Cl3O4. The molecule has 0 heterocycles. The molecule has 0 amide bonds. The van der Waals surface area contributed by atoms with Crippen LogP contribution in [0.1, 0.15) is 10.4 Å². The fourth-order valence-electron chi connectivity index (χ4n) is 1.40. The SMILES string of the molecule is O=C(Oc1cc(Cl)c(O)c(Cl)c1O)c1ccc(Cl)cc1. The second-order valence-electron chi connectivity index (χ2n) is 3.76. The first kappa shape index (κ1) is 14.8. The molecule has 0 saturated heterocycles. The quantitative estimate of drug-likeness (QED) is 0.636. The molecule has 7 heteroatoms. The molecule has 0 spiro atoms. The van der Waals surface area contributed by atoms with Crippen LogP contribution in [0.15, 0.2) is 30.3 Å². The summed E-state index contributed by atoms with van der Waals surface area (Å²) in [6.07, 6.45) is 0. The van der Waals surface area contributed by atoms with E-state index in [0.29, 0.717) is 5.02 Å². The van der Waals surface area contributed by atoms with E-state index < -0.39 is 22.5 Å². The van der Waals surface area contributed by atoms with E-state index >= 15 is 0 Å². The van der Waals surface area contributed by atoms with Gasteiger partial charge in [-0.05, 0) is 24.3 Å². The highest BCUT2D eigenvalue weighted by Crippen LogP contribution is 2.44. The molecule has 2 aromatic carbocycles. The Labute approximate surface area is 129 Å². The standard InChI is InChI=1S/C13H7Cl3O4/c14-7-3-1-6(2-4-7)13(19)20-9-5-8(15)11(17)10(16)12(9)18/h1-5,17-18H. The number of phenols is 2. The zero-order chi connectivity index (χ0) is 14.9. The predicted molar refractivity (Wildman–Crippen MR) is 76.2 cm³/mol. The van der Waals surface area contributed by atoms with Crippen molar-refractivity contribution in [2.45, 2.75) is 0 Å². The van der Waals surface area contributed by atoms with Gasteiger partial charge in [-0.2, -0.15) is 0 Å². The van der Waals surface area contributed by atoms with Gasteiger partial charge in [-0.3, -0.25) is 0 Å². The molecule has 0 radical (unpaired) electrons. The van der Waals surface area contributed by atoms with Crippen LogP contribution in [-0.2, 0) is 0 Å². The lowest BCUT2D eigenvalue weighted by molar-refractivity contribution is 0.0729. The van der Waals surface area contributed by atoms with Crippen molar-refractivity contribution < 1.29 is 19.7 Å². The van der Waals surface area contributed by atoms with Gasteiger partial charge in [0.15, 0.2) is 17.2 Å². The molecule has 0 aliphatic carbocycles. The Bertz CT molecular complexity index is 668. The van der Waals surface area contributed by atoms with E-state index in [-0.39, 0.29) is 16.3 Å². The summed E-state index contributed by atoms with van der Waals surface area (Å²) in [5.74, 6) is -2.04. The molecule has 20 heavy (non-hydrogen) atoms. The maximum absolute atomic E-state index is 11.9. The van der Waals surface area contributed by atoms with Gasteiger partial charge in [0, 0.05) is 11.1 Å². The van der Waals surface area contributed by atoms with Gasteiger partial charge in [-0.1, -0.05) is 34.8 Å². The number of carbonyl (C=O) groups excluding carboxylic acids is 1. The number of benzene rings is 2. The lowest BCUT2D eigenvalue weighted by atomic mass is 10.2. The molecule has 2 aromatic rings. The molecule has 0 aromatic heterocycles. The van der Waals surface area contributed by atoms with Crippen LogP contribution in [0, 0.1) is 0 Å². The van der Waals surface area contributed by atoms with E-state index in [1.165, 1.54) is 24.3 Å². The third-order valence-corrected chi connectivity index (χ3v) is 3.31. The fraction of sp³-hybridized carbons (Fsp3) is 0. The monoisotopic (exact) mass is 332 g/mol. The summed E-state index contributed by atoms with van der Waals surface area (Å²) in [7, 11) is 0. The van der Waals surface area contributed by atoms with E-state index in [1.807, 2.05) is 0 Å².